The highest BCUT2D eigenvalue weighted by Gasteiger charge is 2.30. The Balaban J connectivity index is 1.42. The number of aryl methyl sites for hydroxylation is 3. The van der Waals surface area contributed by atoms with Gasteiger partial charge in [0.05, 0.1) is 23.7 Å². The number of hydrogen-bond donors (Lipinski definition) is 1. The smallest absolute Gasteiger partial charge is 0.194 e. The summed E-state index contributed by atoms with van der Waals surface area (Å²) in [6.45, 7) is 6.81. The van der Waals surface area contributed by atoms with E-state index in [9.17, 15) is 0 Å². The van der Waals surface area contributed by atoms with Crippen molar-refractivity contribution in [3.63, 3.8) is 0 Å². The van der Waals surface area contributed by atoms with E-state index in [4.69, 9.17) is 4.74 Å². The highest BCUT2D eigenvalue weighted by atomic mass is 32.1. The van der Waals surface area contributed by atoms with Gasteiger partial charge in [0.2, 0.25) is 0 Å². The summed E-state index contributed by atoms with van der Waals surface area (Å²) in [5, 5.41) is 7.89. The molecule has 3 aromatic heterocycles. The van der Waals surface area contributed by atoms with Crippen LogP contribution in [0.4, 0.5) is 0 Å². The summed E-state index contributed by atoms with van der Waals surface area (Å²) in [4.78, 5) is 7.03. The number of fused-ring (bicyclic) bond motifs is 1. The minimum absolute atomic E-state index is 0.154. The van der Waals surface area contributed by atoms with Crippen molar-refractivity contribution < 1.29 is 4.74 Å². The fourth-order valence-electron chi connectivity index (χ4n) is 3.50. The molecular formula is C17H23N5OS. The summed E-state index contributed by atoms with van der Waals surface area (Å²) in [5.41, 5.74) is 3.55. The molecule has 24 heavy (non-hydrogen) atoms. The van der Waals surface area contributed by atoms with E-state index in [0.29, 0.717) is 5.92 Å². The molecule has 2 atom stereocenters. The molecule has 1 fully saturated rings. The highest BCUT2D eigenvalue weighted by molar-refractivity contribution is 7.17. The Morgan fingerprint density at radius 3 is 3.04 bits per heavy atom. The van der Waals surface area contributed by atoms with Crippen LogP contribution in [0.15, 0.2) is 18.6 Å². The molecule has 0 saturated carbocycles. The molecule has 0 unspecified atom stereocenters. The zero-order chi connectivity index (χ0) is 16.7. The van der Waals surface area contributed by atoms with Gasteiger partial charge < -0.3 is 10.1 Å². The van der Waals surface area contributed by atoms with E-state index < -0.39 is 0 Å². The lowest BCUT2D eigenvalue weighted by atomic mass is 9.97. The van der Waals surface area contributed by atoms with Gasteiger partial charge in [-0.15, -0.1) is 11.3 Å². The molecule has 3 aromatic rings. The van der Waals surface area contributed by atoms with E-state index in [1.807, 2.05) is 17.9 Å². The first kappa shape index (κ1) is 15.8. The van der Waals surface area contributed by atoms with E-state index in [1.165, 1.54) is 16.1 Å². The molecule has 4 heterocycles. The second kappa shape index (κ2) is 6.31. The van der Waals surface area contributed by atoms with Crippen molar-refractivity contribution in [2.24, 2.45) is 13.0 Å². The third kappa shape index (κ3) is 2.87. The summed E-state index contributed by atoms with van der Waals surface area (Å²) in [6.07, 6.45) is 7.39. The summed E-state index contributed by atoms with van der Waals surface area (Å²) in [6, 6.07) is 0. The van der Waals surface area contributed by atoms with Gasteiger partial charge in [-0.05, 0) is 20.3 Å². The van der Waals surface area contributed by atoms with Gasteiger partial charge in [0, 0.05) is 55.5 Å². The van der Waals surface area contributed by atoms with Crippen LogP contribution in [0.3, 0.4) is 0 Å². The van der Waals surface area contributed by atoms with E-state index in [2.05, 4.69) is 46.0 Å². The van der Waals surface area contributed by atoms with Crippen molar-refractivity contribution in [1.82, 2.24) is 24.5 Å². The first-order valence-electron chi connectivity index (χ1n) is 8.36. The van der Waals surface area contributed by atoms with Gasteiger partial charge in [-0.3, -0.25) is 9.08 Å². The Morgan fingerprint density at radius 1 is 1.38 bits per heavy atom. The topological polar surface area (TPSA) is 56.4 Å². The maximum absolute atomic E-state index is 5.94. The van der Waals surface area contributed by atoms with Crippen molar-refractivity contribution in [3.8, 4) is 0 Å². The average molecular weight is 345 g/mol. The average Bonchev–Trinajstić information content (AvgIpc) is 3.27. The molecule has 1 aliphatic rings. The van der Waals surface area contributed by atoms with Crippen LogP contribution in [-0.2, 0) is 18.3 Å². The van der Waals surface area contributed by atoms with Crippen LogP contribution in [-0.4, -0.2) is 32.3 Å². The fraction of sp³-hybridized carbons (Fsp3) is 0.529. The molecule has 7 heteroatoms. The summed E-state index contributed by atoms with van der Waals surface area (Å²) in [7, 11) is 1.95. The number of hydrogen-bond acceptors (Lipinski definition) is 5. The SMILES string of the molecule is Cc1cn2c(CNC[C@@H]3CCO[C@H]3c3cnn(C)c3)c(C)nc2s1. The van der Waals surface area contributed by atoms with Crippen molar-refractivity contribution >= 4 is 16.3 Å². The number of nitrogens with one attached hydrogen (secondary N) is 1. The highest BCUT2D eigenvalue weighted by Crippen LogP contribution is 2.33. The van der Waals surface area contributed by atoms with Gasteiger partial charge in [-0.1, -0.05) is 0 Å². The predicted molar refractivity (Wildman–Crippen MR) is 94.3 cm³/mol. The summed E-state index contributed by atoms with van der Waals surface area (Å²) < 4.78 is 10.00. The zero-order valence-electron chi connectivity index (χ0n) is 14.3. The molecular weight excluding hydrogens is 322 g/mol. The molecule has 0 radical (unpaired) electrons. The lowest BCUT2D eigenvalue weighted by Crippen LogP contribution is -2.25. The lowest BCUT2D eigenvalue weighted by Gasteiger charge is -2.17. The van der Waals surface area contributed by atoms with Crippen LogP contribution in [0.5, 0.6) is 0 Å². The lowest BCUT2D eigenvalue weighted by molar-refractivity contribution is 0.0903. The van der Waals surface area contributed by atoms with Crippen molar-refractivity contribution in [3.05, 3.63) is 40.4 Å². The van der Waals surface area contributed by atoms with E-state index >= 15 is 0 Å². The van der Waals surface area contributed by atoms with Crippen molar-refractivity contribution in [1.29, 1.82) is 0 Å². The van der Waals surface area contributed by atoms with E-state index in [-0.39, 0.29) is 6.10 Å². The summed E-state index contributed by atoms with van der Waals surface area (Å²) in [5.74, 6) is 0.488. The molecule has 0 aliphatic carbocycles. The largest absolute Gasteiger partial charge is 0.373 e. The van der Waals surface area contributed by atoms with Crippen LogP contribution >= 0.6 is 11.3 Å². The molecule has 1 aliphatic heterocycles. The first-order chi connectivity index (χ1) is 11.6. The number of imidazole rings is 1. The Hall–Kier alpha value is -1.70. The van der Waals surface area contributed by atoms with Crippen molar-refractivity contribution in [2.75, 3.05) is 13.2 Å². The second-order valence-electron chi connectivity index (χ2n) is 6.56. The van der Waals surface area contributed by atoms with Crippen LogP contribution in [0.25, 0.3) is 4.96 Å². The van der Waals surface area contributed by atoms with Crippen LogP contribution in [0.2, 0.25) is 0 Å². The van der Waals surface area contributed by atoms with Crippen LogP contribution < -0.4 is 5.32 Å². The molecule has 0 spiro atoms. The molecule has 6 nitrogen and oxygen atoms in total. The van der Waals surface area contributed by atoms with E-state index in [0.717, 1.165) is 36.8 Å². The maximum atomic E-state index is 5.94. The molecule has 0 aromatic carbocycles. The quantitative estimate of drug-likeness (QED) is 0.772. The van der Waals surface area contributed by atoms with Gasteiger partial charge in [0.1, 0.15) is 0 Å². The molecule has 1 N–H and O–H groups in total. The number of aromatic nitrogens is 4. The van der Waals surface area contributed by atoms with Gasteiger partial charge in [0.25, 0.3) is 0 Å². The molecule has 128 valence electrons. The third-order valence-electron chi connectivity index (χ3n) is 4.71. The number of nitrogens with zero attached hydrogens (tertiary/aromatic N) is 4. The van der Waals surface area contributed by atoms with E-state index in [1.54, 1.807) is 11.3 Å². The second-order valence-corrected chi connectivity index (χ2v) is 7.77. The minimum Gasteiger partial charge on any atom is -0.373 e. The number of rotatable bonds is 5. The molecule has 0 bridgehead atoms. The minimum atomic E-state index is 0.154. The van der Waals surface area contributed by atoms with Gasteiger partial charge in [-0.2, -0.15) is 5.10 Å². The Labute approximate surface area is 145 Å². The fourth-order valence-corrected chi connectivity index (χ4v) is 4.39. The standard InChI is InChI=1S/C17H23N5OS/c1-11-9-22-15(12(2)20-17(22)24-11)8-18-6-13-4-5-23-16(13)14-7-19-21(3)10-14/h7,9-10,13,16,18H,4-6,8H2,1-3H3/t13-,16+/m0/s1. The van der Waals surface area contributed by atoms with Gasteiger partial charge in [0.15, 0.2) is 4.96 Å². The Morgan fingerprint density at radius 2 is 2.25 bits per heavy atom. The summed E-state index contributed by atoms with van der Waals surface area (Å²) >= 11 is 1.74. The normalized spacial score (nSPS) is 21.1. The first-order valence-corrected chi connectivity index (χ1v) is 9.18. The monoisotopic (exact) mass is 345 g/mol. The molecule has 1 saturated heterocycles. The zero-order valence-corrected chi connectivity index (χ0v) is 15.1. The van der Waals surface area contributed by atoms with Crippen molar-refractivity contribution in [2.45, 2.75) is 32.9 Å². The predicted octanol–water partition coefficient (Wildman–Crippen LogP) is 2.61. The van der Waals surface area contributed by atoms with Gasteiger partial charge >= 0.3 is 0 Å². The Bertz CT molecular complexity index is 849. The Kier molecular flexibility index (Phi) is 4.15. The number of ether oxygens (including phenoxy) is 1. The number of thiazole rings is 1. The maximum Gasteiger partial charge on any atom is 0.194 e. The molecule has 4 rings (SSSR count). The third-order valence-corrected chi connectivity index (χ3v) is 5.61. The molecule has 0 amide bonds. The van der Waals surface area contributed by atoms with Crippen LogP contribution in [0.1, 0.15) is 34.4 Å². The van der Waals surface area contributed by atoms with Crippen LogP contribution in [0, 0.1) is 19.8 Å². The van der Waals surface area contributed by atoms with Gasteiger partial charge in [-0.25, -0.2) is 4.98 Å².